The second-order valence-electron chi connectivity index (χ2n) is 5.48. The third-order valence-electron chi connectivity index (χ3n) is 3.44. The van der Waals surface area contributed by atoms with Crippen molar-refractivity contribution in [2.75, 3.05) is 5.32 Å². The number of amides is 1. The van der Waals surface area contributed by atoms with E-state index in [1.165, 1.54) is 6.07 Å². The topological polar surface area (TPSA) is 88.2 Å². The van der Waals surface area contributed by atoms with Crippen LogP contribution in [0.3, 0.4) is 0 Å². The van der Waals surface area contributed by atoms with Gasteiger partial charge in [-0.05, 0) is 37.1 Å². The maximum absolute atomic E-state index is 13.9. The number of sulfonamides is 1. The van der Waals surface area contributed by atoms with Crippen LogP contribution in [-0.2, 0) is 10.0 Å². The first kappa shape index (κ1) is 17.7. The number of carbonyl (C=O) groups is 1. The summed E-state index contributed by atoms with van der Waals surface area (Å²) < 4.78 is 54.2. The number of rotatable bonds is 5. The molecule has 1 aromatic heterocycles. The Balaban J connectivity index is 1.87. The minimum absolute atomic E-state index is 0.00472. The molecule has 1 aliphatic rings. The molecule has 2 aromatic rings. The van der Waals surface area contributed by atoms with Crippen LogP contribution in [0.5, 0.6) is 0 Å². The monoisotopic (exact) mass is 387 g/mol. The summed E-state index contributed by atoms with van der Waals surface area (Å²) in [7, 11) is -4.05. The van der Waals surface area contributed by atoms with E-state index in [1.54, 1.807) is 0 Å². The minimum atomic E-state index is -4.05. The first-order valence-corrected chi connectivity index (χ1v) is 9.06. The van der Waals surface area contributed by atoms with E-state index in [2.05, 4.69) is 15.0 Å². The van der Waals surface area contributed by atoms with Gasteiger partial charge in [-0.2, -0.15) is 0 Å². The Hall–Kier alpha value is -2.10. The van der Waals surface area contributed by atoms with Gasteiger partial charge >= 0.3 is 0 Å². The second kappa shape index (κ2) is 6.66. The van der Waals surface area contributed by atoms with E-state index in [0.29, 0.717) is 12.8 Å². The molecule has 10 heteroatoms. The molecule has 1 aliphatic carbocycles. The Bertz CT molecular complexity index is 949. The van der Waals surface area contributed by atoms with Crippen LogP contribution in [-0.4, -0.2) is 25.4 Å². The van der Waals surface area contributed by atoms with Crippen LogP contribution in [0, 0.1) is 11.6 Å². The lowest BCUT2D eigenvalue weighted by Crippen LogP contribution is -2.26. The lowest BCUT2D eigenvalue weighted by atomic mass is 10.2. The highest BCUT2D eigenvalue weighted by atomic mass is 35.5. The fourth-order valence-electron chi connectivity index (χ4n) is 2.06. The van der Waals surface area contributed by atoms with Gasteiger partial charge in [-0.15, -0.1) is 0 Å². The number of hydrogen-bond acceptors (Lipinski definition) is 4. The van der Waals surface area contributed by atoms with Gasteiger partial charge in [-0.3, -0.25) is 4.79 Å². The van der Waals surface area contributed by atoms with Crippen LogP contribution < -0.4 is 10.0 Å². The van der Waals surface area contributed by atoms with E-state index in [1.807, 2.05) is 0 Å². The van der Waals surface area contributed by atoms with Gasteiger partial charge in [0.05, 0.1) is 11.8 Å². The number of nitrogens with one attached hydrogen (secondary N) is 2. The highest BCUT2D eigenvalue weighted by Crippen LogP contribution is 2.25. The summed E-state index contributed by atoms with van der Waals surface area (Å²) in [5.74, 6) is -2.72. The van der Waals surface area contributed by atoms with Gasteiger partial charge in [0.1, 0.15) is 15.9 Å². The number of nitrogens with zero attached hydrogens (tertiary/aromatic N) is 1. The number of hydrogen-bond donors (Lipinski definition) is 2. The van der Waals surface area contributed by atoms with Gasteiger partial charge < -0.3 is 5.32 Å². The molecule has 6 nitrogen and oxygen atoms in total. The summed E-state index contributed by atoms with van der Waals surface area (Å²) in [6.07, 6.45) is 2.18. The standard InChI is InChI=1S/C15H12ClF2N3O3S/c16-14-6-10(12(18)7-19-14)15(22)20-9-3-4-11(17)13(5-9)25(23,24)21-8-1-2-8/h3-8,21H,1-2H2,(H,20,22). The molecule has 0 bridgehead atoms. The third kappa shape index (κ3) is 4.12. The van der Waals surface area contributed by atoms with Crippen LogP contribution in [0.1, 0.15) is 23.2 Å². The van der Waals surface area contributed by atoms with Crippen LogP contribution >= 0.6 is 11.6 Å². The van der Waals surface area contributed by atoms with Crippen molar-refractivity contribution in [2.45, 2.75) is 23.8 Å². The molecular formula is C15H12ClF2N3O3S. The molecule has 0 spiro atoms. The molecule has 0 aliphatic heterocycles. The summed E-state index contributed by atoms with van der Waals surface area (Å²) in [4.78, 5) is 15.0. The van der Waals surface area contributed by atoms with Gasteiger partial charge in [0.2, 0.25) is 10.0 Å². The van der Waals surface area contributed by atoms with Gasteiger partial charge in [0.15, 0.2) is 5.82 Å². The number of carbonyl (C=O) groups excluding carboxylic acids is 1. The zero-order valence-corrected chi connectivity index (χ0v) is 14.2. The lowest BCUT2D eigenvalue weighted by molar-refractivity contribution is 0.102. The zero-order valence-electron chi connectivity index (χ0n) is 12.6. The Morgan fingerprint density at radius 1 is 1.20 bits per heavy atom. The predicted octanol–water partition coefficient (Wildman–Crippen LogP) is 2.71. The van der Waals surface area contributed by atoms with Gasteiger partial charge in [0.25, 0.3) is 5.91 Å². The lowest BCUT2D eigenvalue weighted by Gasteiger charge is -2.10. The van der Waals surface area contributed by atoms with E-state index in [-0.39, 0.29) is 22.4 Å². The summed E-state index contributed by atoms with van der Waals surface area (Å²) in [5, 5.41) is 2.23. The Morgan fingerprint density at radius 3 is 2.60 bits per heavy atom. The number of halogens is 3. The number of benzene rings is 1. The Labute approximate surface area is 147 Å². The van der Waals surface area contributed by atoms with Crippen molar-refractivity contribution >= 4 is 33.2 Å². The second-order valence-corrected chi connectivity index (χ2v) is 7.55. The van der Waals surface area contributed by atoms with E-state index < -0.39 is 32.5 Å². The molecule has 0 saturated heterocycles. The van der Waals surface area contributed by atoms with Crippen molar-refractivity contribution in [3.63, 3.8) is 0 Å². The van der Waals surface area contributed by atoms with Crippen molar-refractivity contribution in [3.05, 3.63) is 52.8 Å². The first-order valence-electron chi connectivity index (χ1n) is 7.20. The molecule has 1 saturated carbocycles. The smallest absolute Gasteiger partial charge is 0.258 e. The molecule has 1 aromatic carbocycles. The van der Waals surface area contributed by atoms with E-state index in [0.717, 1.165) is 24.4 Å². The van der Waals surface area contributed by atoms with Crippen molar-refractivity contribution in [3.8, 4) is 0 Å². The van der Waals surface area contributed by atoms with E-state index in [9.17, 15) is 22.0 Å². The molecule has 0 radical (unpaired) electrons. The van der Waals surface area contributed by atoms with Crippen molar-refractivity contribution in [2.24, 2.45) is 0 Å². The van der Waals surface area contributed by atoms with Crippen LogP contribution in [0.2, 0.25) is 5.15 Å². The van der Waals surface area contributed by atoms with Crippen molar-refractivity contribution in [1.29, 1.82) is 0 Å². The fourth-order valence-corrected chi connectivity index (χ4v) is 3.62. The van der Waals surface area contributed by atoms with Crippen LogP contribution in [0.4, 0.5) is 14.5 Å². The highest BCUT2D eigenvalue weighted by molar-refractivity contribution is 7.89. The molecule has 132 valence electrons. The normalized spacial score (nSPS) is 14.4. The van der Waals surface area contributed by atoms with Gasteiger partial charge in [-0.25, -0.2) is 26.9 Å². The minimum Gasteiger partial charge on any atom is -0.322 e. The fraction of sp³-hybridized carbons (Fsp3) is 0.200. The average Bonchev–Trinajstić information content (AvgIpc) is 3.34. The summed E-state index contributed by atoms with van der Waals surface area (Å²) in [6, 6.07) is 3.88. The molecule has 0 unspecified atom stereocenters. The average molecular weight is 388 g/mol. The summed E-state index contributed by atoms with van der Waals surface area (Å²) in [6.45, 7) is 0. The maximum atomic E-state index is 13.9. The first-order chi connectivity index (χ1) is 11.8. The largest absolute Gasteiger partial charge is 0.322 e. The zero-order chi connectivity index (χ0) is 18.2. The van der Waals surface area contributed by atoms with E-state index in [4.69, 9.17) is 11.6 Å². The molecule has 1 heterocycles. The number of pyridine rings is 1. The molecule has 1 fully saturated rings. The van der Waals surface area contributed by atoms with Crippen LogP contribution in [0.15, 0.2) is 35.4 Å². The van der Waals surface area contributed by atoms with Gasteiger partial charge in [-0.1, -0.05) is 11.6 Å². The molecule has 0 atom stereocenters. The quantitative estimate of drug-likeness (QED) is 0.772. The summed E-state index contributed by atoms with van der Waals surface area (Å²) in [5.41, 5.74) is -0.375. The van der Waals surface area contributed by atoms with Crippen molar-refractivity contribution < 1.29 is 22.0 Å². The Kier molecular flexibility index (Phi) is 4.72. The number of aromatic nitrogens is 1. The van der Waals surface area contributed by atoms with Gasteiger partial charge in [0, 0.05) is 11.7 Å². The molecule has 3 rings (SSSR count). The predicted molar refractivity (Wildman–Crippen MR) is 86.9 cm³/mol. The molecule has 25 heavy (non-hydrogen) atoms. The Morgan fingerprint density at radius 2 is 1.92 bits per heavy atom. The van der Waals surface area contributed by atoms with Crippen LogP contribution in [0.25, 0.3) is 0 Å². The molecule has 2 N–H and O–H groups in total. The summed E-state index contributed by atoms with van der Waals surface area (Å²) >= 11 is 5.63. The SMILES string of the molecule is O=C(Nc1ccc(F)c(S(=O)(=O)NC2CC2)c1)c1cc(Cl)ncc1F. The highest BCUT2D eigenvalue weighted by Gasteiger charge is 2.30. The van der Waals surface area contributed by atoms with E-state index >= 15 is 0 Å². The third-order valence-corrected chi connectivity index (χ3v) is 5.19. The van der Waals surface area contributed by atoms with Crippen molar-refractivity contribution in [1.82, 2.24) is 9.71 Å². The molecule has 1 amide bonds. The molecular weight excluding hydrogens is 376 g/mol. The maximum Gasteiger partial charge on any atom is 0.258 e. The number of anilines is 1.